The van der Waals surface area contributed by atoms with Crippen LogP contribution in [0.15, 0.2) is 47.7 Å². The summed E-state index contributed by atoms with van der Waals surface area (Å²) in [4.78, 5) is 35.2. The number of aliphatic hydroxyl groups excluding tert-OH is 2. The average molecular weight is 910 g/mol. The molecule has 2 aliphatic heterocycles. The Bertz CT molecular complexity index is 1690. The number of hydrogen-bond acceptors (Lipinski definition) is 11. The van der Waals surface area contributed by atoms with Crippen molar-refractivity contribution < 1.29 is 48.3 Å². The molecule has 0 radical (unpaired) electrons. The maximum Gasteiger partial charge on any atom is 0.412 e. The second kappa shape index (κ2) is 26.6. The van der Waals surface area contributed by atoms with Crippen molar-refractivity contribution in [3.05, 3.63) is 48.1 Å². The molecule has 13 heteroatoms. The van der Waals surface area contributed by atoms with E-state index in [1.165, 1.54) is 44.9 Å². The number of carbonyl (C=O) groups excluding carboxylic acids is 2. The zero-order chi connectivity index (χ0) is 46.7. The van der Waals surface area contributed by atoms with Crippen molar-refractivity contribution in [3.8, 4) is 11.5 Å². The Labute approximate surface area is 390 Å². The molecule has 2 amide bonds. The molecule has 13 nitrogen and oxygen atoms in total. The zero-order valence-electron chi connectivity index (χ0n) is 40.5. The smallest absolute Gasteiger partial charge is 0.412 e. The number of allylic oxidation sites excluding steroid dienone is 1. The number of fused-ring (bicyclic) bond motifs is 2. The first-order chi connectivity index (χ1) is 31.5. The molecular weight excluding hydrogens is 827 g/mol. The Morgan fingerprint density at radius 3 is 2.34 bits per heavy atom. The van der Waals surface area contributed by atoms with Gasteiger partial charge in [-0.25, -0.2) is 9.59 Å². The molecule has 3 N–H and O–H groups in total. The molecule has 2 aliphatic carbocycles. The molecule has 2 fully saturated rings. The summed E-state index contributed by atoms with van der Waals surface area (Å²) in [5.41, 5.74) is 2.20. The summed E-state index contributed by atoms with van der Waals surface area (Å²) in [5.74, 6) is -1.15. The van der Waals surface area contributed by atoms with Gasteiger partial charge in [-0.1, -0.05) is 116 Å². The Kier molecular flexibility index (Phi) is 21.4. The number of benzene rings is 1. The highest BCUT2D eigenvalue weighted by Gasteiger charge is 2.65. The molecular formula is C52H83N3O10. The van der Waals surface area contributed by atoms with E-state index >= 15 is 0 Å². The SMILES string of the molecule is C=CCOC12Oc3ccc(OC(=O)NCCCCCCCCCCCC)cc3C3C(CCCCO)C(CCCCO)C=C(C(=NOC4CCCCO4)CC1N(C)C(=O)OCC(C)(C)C)C32. The highest BCUT2D eigenvalue weighted by atomic mass is 16.8. The van der Waals surface area contributed by atoms with Gasteiger partial charge in [-0.05, 0) is 86.0 Å². The lowest BCUT2D eigenvalue weighted by molar-refractivity contribution is -0.254. The van der Waals surface area contributed by atoms with Crippen molar-refractivity contribution in [2.45, 2.75) is 180 Å². The van der Waals surface area contributed by atoms with Gasteiger partial charge in [-0.15, -0.1) is 6.58 Å². The number of unbranched alkanes of at least 4 members (excludes halogenated alkanes) is 11. The van der Waals surface area contributed by atoms with Gasteiger partial charge in [-0.3, -0.25) is 0 Å². The molecule has 7 unspecified atom stereocenters. The minimum absolute atomic E-state index is 0.0181. The van der Waals surface area contributed by atoms with Crippen molar-refractivity contribution in [2.24, 2.45) is 28.3 Å². The van der Waals surface area contributed by atoms with Gasteiger partial charge in [-0.2, -0.15) is 0 Å². The van der Waals surface area contributed by atoms with Gasteiger partial charge in [0.25, 0.3) is 0 Å². The molecule has 7 atom stereocenters. The van der Waals surface area contributed by atoms with Gasteiger partial charge in [0.15, 0.2) is 0 Å². The molecule has 65 heavy (non-hydrogen) atoms. The van der Waals surface area contributed by atoms with Crippen molar-refractivity contribution in [1.29, 1.82) is 0 Å². The molecule has 1 aromatic carbocycles. The highest BCUT2D eigenvalue weighted by molar-refractivity contribution is 6.03. The Balaban J connectivity index is 1.52. The van der Waals surface area contributed by atoms with E-state index in [0.29, 0.717) is 43.2 Å². The molecule has 1 aromatic rings. The zero-order valence-corrected chi connectivity index (χ0v) is 40.5. The van der Waals surface area contributed by atoms with Crippen molar-refractivity contribution >= 4 is 17.9 Å². The fourth-order valence-corrected chi connectivity index (χ4v) is 10.2. The number of likely N-dealkylation sites (N-methyl/N-ethyl adjacent to an activating group) is 1. The topological polar surface area (TPSA) is 158 Å². The van der Waals surface area contributed by atoms with E-state index in [-0.39, 0.29) is 56.0 Å². The van der Waals surface area contributed by atoms with Gasteiger partial charge >= 0.3 is 12.2 Å². The van der Waals surface area contributed by atoms with Crippen LogP contribution >= 0.6 is 0 Å². The van der Waals surface area contributed by atoms with E-state index in [4.69, 9.17) is 33.7 Å². The molecule has 5 rings (SSSR count). The molecule has 0 aromatic heterocycles. The fraction of sp³-hybridized carbons (Fsp3) is 0.750. The molecule has 0 bridgehead atoms. The van der Waals surface area contributed by atoms with Crippen LogP contribution in [0.25, 0.3) is 0 Å². The summed E-state index contributed by atoms with van der Waals surface area (Å²) in [6, 6.07) is 4.81. The first-order valence-electron chi connectivity index (χ1n) is 25.2. The number of ether oxygens (including phenoxy) is 5. The van der Waals surface area contributed by atoms with Crippen LogP contribution in [0.3, 0.4) is 0 Å². The second-order valence-corrected chi connectivity index (χ2v) is 19.9. The summed E-state index contributed by atoms with van der Waals surface area (Å²) in [7, 11) is 1.73. The quantitative estimate of drug-likeness (QED) is 0.0441. The lowest BCUT2D eigenvalue weighted by atomic mass is 9.55. The predicted molar refractivity (Wildman–Crippen MR) is 254 cm³/mol. The number of oxime groups is 1. The van der Waals surface area contributed by atoms with Gasteiger partial charge in [0.05, 0.1) is 31.5 Å². The summed E-state index contributed by atoms with van der Waals surface area (Å²) < 4.78 is 32.1. The lowest BCUT2D eigenvalue weighted by Gasteiger charge is -2.59. The Morgan fingerprint density at radius 1 is 0.969 bits per heavy atom. The van der Waals surface area contributed by atoms with Crippen LogP contribution in [0.1, 0.15) is 168 Å². The van der Waals surface area contributed by atoms with E-state index in [1.807, 2.05) is 32.9 Å². The third kappa shape index (κ3) is 14.9. The summed E-state index contributed by atoms with van der Waals surface area (Å²) in [6.07, 6.45) is 22.1. The molecule has 2 heterocycles. The Hall–Kier alpha value is -3.65. The number of carbonyl (C=O) groups is 2. The van der Waals surface area contributed by atoms with Crippen LogP contribution in [-0.2, 0) is 19.0 Å². The fourth-order valence-electron chi connectivity index (χ4n) is 10.2. The minimum atomic E-state index is -1.42. The van der Waals surface area contributed by atoms with Crippen molar-refractivity contribution in [2.75, 3.05) is 46.6 Å². The van der Waals surface area contributed by atoms with E-state index in [0.717, 1.165) is 75.3 Å². The van der Waals surface area contributed by atoms with Crippen LogP contribution in [0.4, 0.5) is 9.59 Å². The maximum absolute atomic E-state index is 14.1. The van der Waals surface area contributed by atoms with Crippen LogP contribution in [0.2, 0.25) is 0 Å². The lowest BCUT2D eigenvalue weighted by Crippen LogP contribution is -2.69. The predicted octanol–water partition coefficient (Wildman–Crippen LogP) is 11.0. The highest BCUT2D eigenvalue weighted by Crippen LogP contribution is 2.62. The molecule has 4 aliphatic rings. The van der Waals surface area contributed by atoms with Crippen LogP contribution < -0.4 is 14.8 Å². The summed E-state index contributed by atoms with van der Waals surface area (Å²) >= 11 is 0. The average Bonchev–Trinajstić information content (AvgIpc) is 3.29. The number of amides is 2. The second-order valence-electron chi connectivity index (χ2n) is 19.9. The van der Waals surface area contributed by atoms with Crippen LogP contribution in [0.5, 0.6) is 11.5 Å². The normalized spacial score (nSPS) is 25.4. The van der Waals surface area contributed by atoms with Crippen LogP contribution in [0, 0.1) is 23.2 Å². The van der Waals surface area contributed by atoms with Crippen molar-refractivity contribution in [1.82, 2.24) is 10.2 Å². The molecule has 1 saturated carbocycles. The third-order valence-electron chi connectivity index (χ3n) is 13.5. The Morgan fingerprint density at radius 2 is 1.68 bits per heavy atom. The standard InChI is InChI=1S/C52H83N3O10/c1-7-9-10-11-12-13-14-15-16-20-29-53-49(58)63-39-27-28-44-42(35-39)47-40(25-18-22-31-57)38(24-17-21-30-56)34-41-43(54-65-46-26-19-23-33-60-46)36-45(52(64-44,48(41)47)62-32-8-2)55(6)50(59)61-37-51(3,4)5/h8,27-28,34-35,38,40,45-48,56-57H,2,7,9-26,29-33,36-37H2,1,3-6H3,(H,53,58). The van der Waals surface area contributed by atoms with Gasteiger partial charge in [0.2, 0.25) is 12.1 Å². The summed E-state index contributed by atoms with van der Waals surface area (Å²) in [6.45, 7) is 14.0. The van der Waals surface area contributed by atoms with Gasteiger partial charge in [0.1, 0.15) is 17.5 Å². The van der Waals surface area contributed by atoms with E-state index < -0.39 is 36.2 Å². The largest absolute Gasteiger partial charge is 0.459 e. The van der Waals surface area contributed by atoms with Crippen LogP contribution in [-0.4, -0.2) is 97.8 Å². The monoisotopic (exact) mass is 910 g/mol. The number of nitrogens with zero attached hydrogens (tertiary/aromatic N) is 2. The third-order valence-corrected chi connectivity index (χ3v) is 13.5. The van der Waals surface area contributed by atoms with E-state index in [2.05, 4.69) is 24.9 Å². The van der Waals surface area contributed by atoms with E-state index in [1.54, 1.807) is 24.1 Å². The first kappa shape index (κ1) is 52.3. The molecule has 1 saturated heterocycles. The number of nitrogens with one attached hydrogen (secondary N) is 1. The number of hydrogen-bond donors (Lipinski definition) is 3. The van der Waals surface area contributed by atoms with E-state index in [9.17, 15) is 19.8 Å². The summed E-state index contributed by atoms with van der Waals surface area (Å²) in [5, 5.41) is 27.7. The number of aliphatic hydroxyl groups is 2. The maximum atomic E-state index is 14.1. The minimum Gasteiger partial charge on any atom is -0.459 e. The van der Waals surface area contributed by atoms with Crippen molar-refractivity contribution in [3.63, 3.8) is 0 Å². The molecule has 0 spiro atoms. The van der Waals surface area contributed by atoms with Gasteiger partial charge < -0.3 is 49.0 Å². The first-order valence-corrected chi connectivity index (χ1v) is 25.2. The van der Waals surface area contributed by atoms with Gasteiger partial charge in [0, 0.05) is 51.1 Å². The molecule has 366 valence electrons. The number of rotatable bonds is 27.